The van der Waals surface area contributed by atoms with Gasteiger partial charge in [-0.1, -0.05) is 31.2 Å². The number of benzene rings is 2. The first kappa shape index (κ1) is 12.7. The molecule has 0 spiro atoms. The van der Waals surface area contributed by atoms with Crippen LogP contribution in [0.5, 0.6) is 0 Å². The molecule has 3 nitrogen and oxygen atoms in total. The van der Waals surface area contributed by atoms with Gasteiger partial charge in [0.25, 0.3) is 0 Å². The molecule has 2 N–H and O–H groups in total. The van der Waals surface area contributed by atoms with E-state index in [2.05, 4.69) is 42.7 Å². The van der Waals surface area contributed by atoms with Gasteiger partial charge in [0.1, 0.15) is 5.82 Å². The molecule has 3 aromatic rings. The van der Waals surface area contributed by atoms with Crippen LogP contribution in [0.1, 0.15) is 18.9 Å². The summed E-state index contributed by atoms with van der Waals surface area (Å²) in [5.74, 6) is 1.01. The van der Waals surface area contributed by atoms with Crippen molar-refractivity contribution in [1.29, 1.82) is 0 Å². The van der Waals surface area contributed by atoms with Gasteiger partial charge in [0, 0.05) is 17.8 Å². The maximum atomic E-state index is 6.04. The van der Waals surface area contributed by atoms with Crippen molar-refractivity contribution >= 4 is 16.7 Å². The highest BCUT2D eigenvalue weighted by atomic mass is 15.1. The van der Waals surface area contributed by atoms with Crippen molar-refractivity contribution in [2.45, 2.75) is 26.8 Å². The molecule has 0 atom stereocenters. The Hall–Kier alpha value is -2.29. The molecule has 0 aliphatic heterocycles. The average Bonchev–Trinajstić information content (AvgIpc) is 2.81. The molecular formula is C17H19N3. The maximum absolute atomic E-state index is 6.04. The molecule has 3 heteroatoms. The lowest BCUT2D eigenvalue weighted by Crippen LogP contribution is -2.01. The minimum absolute atomic E-state index is 0.817. The first-order valence-electron chi connectivity index (χ1n) is 7.03. The number of rotatable bonds is 3. The van der Waals surface area contributed by atoms with Gasteiger partial charge in [0.2, 0.25) is 0 Å². The van der Waals surface area contributed by atoms with Crippen LogP contribution in [0.2, 0.25) is 0 Å². The van der Waals surface area contributed by atoms with Crippen molar-refractivity contribution in [1.82, 2.24) is 9.55 Å². The lowest BCUT2D eigenvalue weighted by Gasteiger charge is -2.11. The van der Waals surface area contributed by atoms with Crippen LogP contribution in [0, 0.1) is 6.92 Å². The standard InChI is InChI=1S/C17H19N3/c1-3-11-20-16-10-5-4-9-15(16)19-17(20)13-7-6-8-14(18)12(13)2/h4-10H,3,11,18H2,1-2H3. The molecule has 0 bridgehead atoms. The van der Waals surface area contributed by atoms with Crippen molar-refractivity contribution in [3.05, 3.63) is 48.0 Å². The van der Waals surface area contributed by atoms with E-state index < -0.39 is 0 Å². The van der Waals surface area contributed by atoms with Crippen molar-refractivity contribution < 1.29 is 0 Å². The first-order chi connectivity index (χ1) is 9.72. The quantitative estimate of drug-likeness (QED) is 0.727. The summed E-state index contributed by atoms with van der Waals surface area (Å²) in [4.78, 5) is 4.81. The minimum Gasteiger partial charge on any atom is -0.398 e. The fourth-order valence-electron chi connectivity index (χ4n) is 2.63. The van der Waals surface area contributed by atoms with Crippen LogP contribution in [-0.4, -0.2) is 9.55 Å². The van der Waals surface area contributed by atoms with Crippen molar-refractivity contribution in [3.8, 4) is 11.4 Å². The Morgan fingerprint density at radius 1 is 1.10 bits per heavy atom. The van der Waals surface area contributed by atoms with Crippen LogP contribution >= 0.6 is 0 Å². The Labute approximate surface area is 119 Å². The van der Waals surface area contributed by atoms with E-state index in [4.69, 9.17) is 10.7 Å². The van der Waals surface area contributed by atoms with Crippen LogP contribution in [0.25, 0.3) is 22.4 Å². The molecule has 0 saturated heterocycles. The first-order valence-corrected chi connectivity index (χ1v) is 7.03. The van der Waals surface area contributed by atoms with E-state index >= 15 is 0 Å². The second-order valence-electron chi connectivity index (χ2n) is 5.10. The van der Waals surface area contributed by atoms with E-state index in [1.165, 1.54) is 5.52 Å². The predicted octanol–water partition coefficient (Wildman–Crippen LogP) is 4.00. The Morgan fingerprint density at radius 2 is 1.90 bits per heavy atom. The van der Waals surface area contributed by atoms with Crippen molar-refractivity contribution in [2.75, 3.05) is 5.73 Å². The fraction of sp³-hybridized carbons (Fsp3) is 0.235. The number of hydrogen-bond donors (Lipinski definition) is 1. The van der Waals surface area contributed by atoms with Crippen LogP contribution in [0.4, 0.5) is 5.69 Å². The van der Waals surface area contributed by atoms with Gasteiger partial charge in [-0.15, -0.1) is 0 Å². The van der Waals surface area contributed by atoms with Gasteiger partial charge in [0.05, 0.1) is 11.0 Å². The van der Waals surface area contributed by atoms with Gasteiger partial charge in [-0.05, 0) is 37.1 Å². The van der Waals surface area contributed by atoms with Gasteiger partial charge >= 0.3 is 0 Å². The number of aryl methyl sites for hydroxylation is 1. The van der Waals surface area contributed by atoms with Gasteiger partial charge < -0.3 is 10.3 Å². The highest BCUT2D eigenvalue weighted by Crippen LogP contribution is 2.29. The number of nitrogen functional groups attached to an aromatic ring is 1. The SMILES string of the molecule is CCCn1c(-c2cccc(N)c2C)nc2ccccc21. The third-order valence-electron chi connectivity index (χ3n) is 3.72. The highest BCUT2D eigenvalue weighted by molar-refractivity contribution is 5.82. The second kappa shape index (κ2) is 5.00. The van der Waals surface area contributed by atoms with Crippen molar-refractivity contribution in [3.63, 3.8) is 0 Å². The van der Waals surface area contributed by atoms with Crippen LogP contribution < -0.4 is 5.73 Å². The number of hydrogen-bond acceptors (Lipinski definition) is 2. The lowest BCUT2D eigenvalue weighted by molar-refractivity contribution is 0.704. The zero-order chi connectivity index (χ0) is 14.1. The molecule has 3 rings (SSSR count). The molecule has 0 amide bonds. The van der Waals surface area contributed by atoms with Gasteiger partial charge in [-0.3, -0.25) is 0 Å². The molecule has 0 aliphatic carbocycles. The molecule has 1 heterocycles. The lowest BCUT2D eigenvalue weighted by atomic mass is 10.1. The monoisotopic (exact) mass is 265 g/mol. The fourth-order valence-corrected chi connectivity index (χ4v) is 2.63. The van der Waals surface area contributed by atoms with E-state index in [1.807, 2.05) is 18.2 Å². The summed E-state index contributed by atoms with van der Waals surface area (Å²) < 4.78 is 2.29. The summed E-state index contributed by atoms with van der Waals surface area (Å²) in [6.45, 7) is 5.20. The highest BCUT2D eigenvalue weighted by Gasteiger charge is 2.14. The zero-order valence-electron chi connectivity index (χ0n) is 11.9. The number of fused-ring (bicyclic) bond motifs is 1. The largest absolute Gasteiger partial charge is 0.398 e. The van der Waals surface area contributed by atoms with E-state index in [1.54, 1.807) is 0 Å². The molecule has 2 aromatic carbocycles. The number of imidazole rings is 1. The maximum Gasteiger partial charge on any atom is 0.141 e. The third-order valence-corrected chi connectivity index (χ3v) is 3.72. The molecular weight excluding hydrogens is 246 g/mol. The van der Waals surface area contributed by atoms with E-state index in [-0.39, 0.29) is 0 Å². The van der Waals surface area contributed by atoms with E-state index in [0.29, 0.717) is 0 Å². The number of nitrogens with two attached hydrogens (primary N) is 1. The summed E-state index contributed by atoms with van der Waals surface area (Å²) in [5, 5.41) is 0. The Morgan fingerprint density at radius 3 is 2.70 bits per heavy atom. The number of para-hydroxylation sites is 2. The summed E-state index contributed by atoms with van der Waals surface area (Å²) in [6.07, 6.45) is 1.08. The van der Waals surface area contributed by atoms with Crippen molar-refractivity contribution in [2.24, 2.45) is 0 Å². The van der Waals surface area contributed by atoms with Gasteiger partial charge in [0.15, 0.2) is 0 Å². The molecule has 102 valence electrons. The van der Waals surface area contributed by atoms with E-state index in [0.717, 1.165) is 41.1 Å². The average molecular weight is 265 g/mol. The van der Waals surface area contributed by atoms with E-state index in [9.17, 15) is 0 Å². The molecule has 20 heavy (non-hydrogen) atoms. The molecule has 0 radical (unpaired) electrons. The number of nitrogens with zero attached hydrogens (tertiary/aromatic N) is 2. The van der Waals surface area contributed by atoms with Crippen LogP contribution in [0.15, 0.2) is 42.5 Å². The summed E-state index contributed by atoms with van der Waals surface area (Å²) >= 11 is 0. The molecule has 0 fully saturated rings. The molecule has 0 aliphatic rings. The van der Waals surface area contributed by atoms with Crippen LogP contribution in [0.3, 0.4) is 0 Å². The van der Waals surface area contributed by atoms with Gasteiger partial charge in [-0.2, -0.15) is 0 Å². The third kappa shape index (κ3) is 1.95. The second-order valence-corrected chi connectivity index (χ2v) is 5.10. The van der Waals surface area contributed by atoms with Gasteiger partial charge in [-0.25, -0.2) is 4.98 Å². The summed E-state index contributed by atoms with van der Waals surface area (Å²) in [7, 11) is 0. The molecule has 0 saturated carbocycles. The summed E-state index contributed by atoms with van der Waals surface area (Å²) in [6, 6.07) is 14.3. The Bertz CT molecular complexity index is 756. The zero-order valence-corrected chi connectivity index (χ0v) is 11.9. The molecule has 0 unspecified atom stereocenters. The summed E-state index contributed by atoms with van der Waals surface area (Å²) in [5.41, 5.74) is 11.3. The number of anilines is 1. The topological polar surface area (TPSA) is 43.8 Å². The Kier molecular flexibility index (Phi) is 3.18. The smallest absolute Gasteiger partial charge is 0.141 e. The predicted molar refractivity (Wildman–Crippen MR) is 84.6 cm³/mol. The molecule has 1 aromatic heterocycles. The normalized spacial score (nSPS) is 11.1. The Balaban J connectivity index is 2.29. The van der Waals surface area contributed by atoms with Crippen LogP contribution in [-0.2, 0) is 6.54 Å². The minimum atomic E-state index is 0.817. The number of aromatic nitrogens is 2.